The van der Waals surface area contributed by atoms with Gasteiger partial charge in [0.2, 0.25) is 0 Å². The smallest absolute Gasteiger partial charge is 0.142 e. The third-order valence-corrected chi connectivity index (χ3v) is 5.58. The summed E-state index contributed by atoms with van der Waals surface area (Å²) < 4.78 is 0. The molecule has 3 rings (SSSR count). The Morgan fingerprint density at radius 2 is 2.20 bits per heavy atom. The van der Waals surface area contributed by atoms with Crippen molar-refractivity contribution >= 4 is 50.5 Å². The molecule has 20 heavy (non-hydrogen) atoms. The molecule has 0 spiro atoms. The number of thioether (sulfide) groups is 1. The maximum absolute atomic E-state index is 4.70. The van der Waals surface area contributed by atoms with Crippen molar-refractivity contribution in [2.24, 2.45) is 0 Å². The second-order valence-corrected chi connectivity index (χ2v) is 7.26. The molecular formula is C14H15N3S3. The van der Waals surface area contributed by atoms with E-state index in [-0.39, 0.29) is 0 Å². The van der Waals surface area contributed by atoms with Crippen LogP contribution in [0.25, 0.3) is 20.7 Å². The Bertz CT molecular complexity index is 704. The lowest BCUT2D eigenvalue weighted by molar-refractivity contribution is 1.07. The van der Waals surface area contributed by atoms with Crippen LogP contribution in [-0.4, -0.2) is 22.8 Å². The zero-order chi connectivity index (χ0) is 13.9. The van der Waals surface area contributed by atoms with Crippen molar-refractivity contribution in [2.45, 2.75) is 12.7 Å². The van der Waals surface area contributed by atoms with E-state index < -0.39 is 0 Å². The third kappa shape index (κ3) is 2.55. The Labute approximate surface area is 130 Å². The molecule has 0 aromatic carbocycles. The van der Waals surface area contributed by atoms with E-state index in [9.17, 15) is 0 Å². The zero-order valence-corrected chi connectivity index (χ0v) is 13.8. The van der Waals surface area contributed by atoms with Crippen LogP contribution in [-0.2, 0) is 5.75 Å². The van der Waals surface area contributed by atoms with Gasteiger partial charge in [-0.25, -0.2) is 9.97 Å². The fourth-order valence-corrected chi connectivity index (χ4v) is 4.33. The van der Waals surface area contributed by atoms with E-state index >= 15 is 0 Å². The highest BCUT2D eigenvalue weighted by atomic mass is 32.2. The lowest BCUT2D eigenvalue weighted by atomic mass is 10.2. The summed E-state index contributed by atoms with van der Waals surface area (Å²) in [5, 5.41) is 8.66. The highest BCUT2D eigenvalue weighted by molar-refractivity contribution is 7.98. The van der Waals surface area contributed by atoms with E-state index in [0.717, 1.165) is 33.4 Å². The number of hydrogen-bond acceptors (Lipinski definition) is 6. The minimum Gasteiger partial charge on any atom is -0.372 e. The topological polar surface area (TPSA) is 37.8 Å². The summed E-state index contributed by atoms with van der Waals surface area (Å²) >= 11 is 5.30. The molecule has 0 radical (unpaired) electrons. The minimum atomic E-state index is 0.868. The number of hydrogen-bond donors (Lipinski definition) is 1. The van der Waals surface area contributed by atoms with Crippen LogP contribution in [0.15, 0.2) is 22.9 Å². The fourth-order valence-electron chi connectivity index (χ4n) is 2.04. The summed E-state index contributed by atoms with van der Waals surface area (Å²) in [6.07, 6.45) is 0. The molecule has 0 aliphatic rings. The highest BCUT2D eigenvalue weighted by Crippen LogP contribution is 2.38. The standard InChI is InChI=1S/C14H15N3S3/c1-3-18-8-11-16-13(15-2)12-9(7-20-14(12)17-11)10-5-4-6-19-10/h4-7H,3,8H2,1-2H3,(H,15,16,17). The highest BCUT2D eigenvalue weighted by Gasteiger charge is 2.15. The zero-order valence-electron chi connectivity index (χ0n) is 11.3. The maximum atomic E-state index is 4.70. The van der Waals surface area contributed by atoms with Crippen LogP contribution in [0.2, 0.25) is 0 Å². The van der Waals surface area contributed by atoms with Gasteiger partial charge in [0.1, 0.15) is 16.5 Å². The largest absolute Gasteiger partial charge is 0.372 e. The van der Waals surface area contributed by atoms with E-state index in [0.29, 0.717) is 0 Å². The molecule has 0 bridgehead atoms. The summed E-state index contributed by atoms with van der Waals surface area (Å²) in [6.45, 7) is 2.15. The van der Waals surface area contributed by atoms with Crippen molar-refractivity contribution in [3.8, 4) is 10.4 Å². The van der Waals surface area contributed by atoms with E-state index in [2.05, 4.69) is 40.1 Å². The molecule has 0 aliphatic heterocycles. The molecule has 3 aromatic heterocycles. The summed E-state index contributed by atoms with van der Waals surface area (Å²) in [5.74, 6) is 3.80. The Morgan fingerprint density at radius 3 is 2.90 bits per heavy atom. The predicted molar refractivity (Wildman–Crippen MR) is 92.1 cm³/mol. The summed E-state index contributed by atoms with van der Waals surface area (Å²) in [7, 11) is 1.92. The molecule has 6 heteroatoms. The molecule has 1 N–H and O–H groups in total. The van der Waals surface area contributed by atoms with Crippen molar-refractivity contribution in [2.75, 3.05) is 18.1 Å². The van der Waals surface area contributed by atoms with Crippen molar-refractivity contribution < 1.29 is 0 Å². The van der Waals surface area contributed by atoms with Gasteiger partial charge in [-0.3, -0.25) is 0 Å². The minimum absolute atomic E-state index is 0.868. The molecule has 0 unspecified atom stereocenters. The number of anilines is 1. The number of rotatable bonds is 5. The number of nitrogens with zero attached hydrogens (tertiary/aromatic N) is 2. The van der Waals surface area contributed by atoms with Crippen LogP contribution in [0.3, 0.4) is 0 Å². The molecule has 0 saturated heterocycles. The molecule has 104 valence electrons. The van der Waals surface area contributed by atoms with Gasteiger partial charge in [0, 0.05) is 22.9 Å². The van der Waals surface area contributed by atoms with Gasteiger partial charge < -0.3 is 5.32 Å². The molecule has 0 fully saturated rings. The SMILES string of the molecule is CCSCc1nc(NC)c2c(-c3cccs3)csc2n1. The van der Waals surface area contributed by atoms with Crippen LogP contribution >= 0.6 is 34.4 Å². The van der Waals surface area contributed by atoms with Gasteiger partial charge >= 0.3 is 0 Å². The van der Waals surface area contributed by atoms with E-state index in [4.69, 9.17) is 4.98 Å². The third-order valence-electron chi connectivity index (χ3n) is 2.94. The van der Waals surface area contributed by atoms with Crippen molar-refractivity contribution in [3.05, 3.63) is 28.7 Å². The molecular weight excluding hydrogens is 306 g/mol. The molecule has 0 aliphatic carbocycles. The van der Waals surface area contributed by atoms with Crippen LogP contribution in [0.5, 0.6) is 0 Å². The van der Waals surface area contributed by atoms with Gasteiger partial charge in [0.15, 0.2) is 0 Å². The van der Waals surface area contributed by atoms with Crippen LogP contribution in [0, 0.1) is 0 Å². The van der Waals surface area contributed by atoms with Gasteiger partial charge in [-0.1, -0.05) is 13.0 Å². The van der Waals surface area contributed by atoms with Gasteiger partial charge in [-0.05, 0) is 17.2 Å². The van der Waals surface area contributed by atoms with Gasteiger partial charge in [-0.15, -0.1) is 22.7 Å². The van der Waals surface area contributed by atoms with Crippen molar-refractivity contribution in [3.63, 3.8) is 0 Å². The van der Waals surface area contributed by atoms with Gasteiger partial charge in [0.25, 0.3) is 0 Å². The van der Waals surface area contributed by atoms with Crippen molar-refractivity contribution in [1.82, 2.24) is 9.97 Å². The average molecular weight is 321 g/mol. The Morgan fingerprint density at radius 1 is 1.30 bits per heavy atom. The second-order valence-electron chi connectivity index (χ2n) is 4.18. The second kappa shape index (κ2) is 6.11. The lowest BCUT2D eigenvalue weighted by Crippen LogP contribution is -1.99. The first-order valence-electron chi connectivity index (χ1n) is 6.41. The van der Waals surface area contributed by atoms with E-state index in [1.165, 1.54) is 10.4 Å². The molecule has 3 nitrogen and oxygen atoms in total. The monoisotopic (exact) mass is 321 g/mol. The predicted octanol–water partition coefficient (Wildman–Crippen LogP) is 4.71. The quantitative estimate of drug-likeness (QED) is 0.738. The van der Waals surface area contributed by atoms with Gasteiger partial charge in [-0.2, -0.15) is 11.8 Å². The van der Waals surface area contributed by atoms with Crippen LogP contribution < -0.4 is 5.32 Å². The molecule has 3 aromatic rings. The number of aromatic nitrogens is 2. The number of fused-ring (bicyclic) bond motifs is 1. The summed E-state index contributed by atoms with van der Waals surface area (Å²) in [5.41, 5.74) is 1.24. The van der Waals surface area contributed by atoms with Crippen LogP contribution in [0.1, 0.15) is 12.7 Å². The first-order chi connectivity index (χ1) is 9.83. The molecule has 3 heterocycles. The van der Waals surface area contributed by atoms with Crippen molar-refractivity contribution in [1.29, 1.82) is 0 Å². The lowest BCUT2D eigenvalue weighted by Gasteiger charge is -2.06. The summed E-state index contributed by atoms with van der Waals surface area (Å²) in [4.78, 5) is 11.7. The normalized spacial score (nSPS) is 11.1. The molecule has 0 saturated carbocycles. The Hall–Kier alpha value is -1.11. The first kappa shape index (κ1) is 13.9. The summed E-state index contributed by atoms with van der Waals surface area (Å²) in [6, 6.07) is 4.22. The van der Waals surface area contributed by atoms with E-state index in [1.807, 2.05) is 18.8 Å². The van der Waals surface area contributed by atoms with E-state index in [1.54, 1.807) is 22.7 Å². The average Bonchev–Trinajstić information content (AvgIpc) is 3.12. The van der Waals surface area contributed by atoms with Gasteiger partial charge in [0.05, 0.1) is 11.1 Å². The number of nitrogens with one attached hydrogen (secondary N) is 1. The molecule has 0 atom stereocenters. The Balaban J connectivity index is 2.12. The maximum Gasteiger partial charge on any atom is 0.142 e. The molecule has 0 amide bonds. The first-order valence-corrected chi connectivity index (χ1v) is 9.32. The fraction of sp³-hybridized carbons (Fsp3) is 0.286. The van der Waals surface area contributed by atoms with Crippen LogP contribution in [0.4, 0.5) is 5.82 Å². The Kier molecular flexibility index (Phi) is 4.24. The number of thiophene rings is 2.